The van der Waals surface area contributed by atoms with Gasteiger partial charge in [0.2, 0.25) is 0 Å². The average molecular weight is 359 g/mol. The summed E-state index contributed by atoms with van der Waals surface area (Å²) in [5.74, 6) is -1.05. The molecule has 0 aromatic heterocycles. The molecule has 138 valence electrons. The van der Waals surface area contributed by atoms with E-state index in [0.717, 1.165) is 29.0 Å². The standard InChI is InChI=1S/C18H21N3O5/c1-26-11-17(24)20-6-2-3-12-4-5-13(9-15(12)20)19-14-10-16(23)21(7-8-22)18(14)25/h4-5,9-10,19,22H,2-3,6-8,11H2,1H3. The third kappa shape index (κ3) is 3.47. The lowest BCUT2D eigenvalue weighted by atomic mass is 10.0. The fourth-order valence-electron chi connectivity index (χ4n) is 3.18. The number of benzene rings is 1. The van der Waals surface area contributed by atoms with Crippen molar-refractivity contribution in [2.45, 2.75) is 12.8 Å². The van der Waals surface area contributed by atoms with Crippen molar-refractivity contribution in [1.82, 2.24) is 4.90 Å². The molecule has 8 nitrogen and oxygen atoms in total. The molecule has 0 fully saturated rings. The Balaban J connectivity index is 1.82. The first-order valence-electron chi connectivity index (χ1n) is 8.42. The first kappa shape index (κ1) is 18.1. The SMILES string of the molecule is COCC(=O)N1CCCc2ccc(NC3=CC(=O)N(CCO)C3=O)cc21. The molecule has 0 bridgehead atoms. The van der Waals surface area contributed by atoms with Crippen LogP contribution in [0.2, 0.25) is 0 Å². The number of β-amino-alcohol motifs (C(OH)–C–C–N with tert-alkyl or cyclic N) is 1. The highest BCUT2D eigenvalue weighted by molar-refractivity contribution is 6.17. The molecule has 2 aliphatic rings. The molecule has 0 saturated carbocycles. The molecular formula is C18H21N3O5. The van der Waals surface area contributed by atoms with Crippen molar-refractivity contribution in [1.29, 1.82) is 0 Å². The van der Waals surface area contributed by atoms with Crippen LogP contribution in [-0.2, 0) is 25.5 Å². The van der Waals surface area contributed by atoms with Crippen molar-refractivity contribution in [3.05, 3.63) is 35.5 Å². The molecule has 1 aromatic carbocycles. The van der Waals surface area contributed by atoms with Gasteiger partial charge >= 0.3 is 0 Å². The highest BCUT2D eigenvalue weighted by atomic mass is 16.5. The van der Waals surface area contributed by atoms with Crippen molar-refractivity contribution in [3.63, 3.8) is 0 Å². The number of nitrogens with zero attached hydrogens (tertiary/aromatic N) is 2. The summed E-state index contributed by atoms with van der Waals surface area (Å²) in [4.78, 5) is 39.0. The van der Waals surface area contributed by atoms with Gasteiger partial charge in [0.1, 0.15) is 12.3 Å². The zero-order valence-corrected chi connectivity index (χ0v) is 14.5. The van der Waals surface area contributed by atoms with E-state index < -0.39 is 11.8 Å². The summed E-state index contributed by atoms with van der Waals surface area (Å²) in [5, 5.41) is 11.9. The van der Waals surface area contributed by atoms with Crippen LogP contribution in [0.25, 0.3) is 0 Å². The molecule has 0 radical (unpaired) electrons. The number of rotatable bonds is 6. The van der Waals surface area contributed by atoms with Crippen LogP contribution in [0, 0.1) is 0 Å². The molecule has 1 aromatic rings. The normalized spacial score (nSPS) is 16.6. The number of anilines is 2. The number of carbonyl (C=O) groups is 3. The van der Waals surface area contributed by atoms with E-state index in [2.05, 4.69) is 5.32 Å². The van der Waals surface area contributed by atoms with Crippen LogP contribution in [0.5, 0.6) is 0 Å². The quantitative estimate of drug-likeness (QED) is 0.708. The van der Waals surface area contributed by atoms with Gasteiger partial charge in [0.25, 0.3) is 17.7 Å². The lowest BCUT2D eigenvalue weighted by molar-refractivity contribution is -0.137. The van der Waals surface area contributed by atoms with Gasteiger partial charge in [0, 0.05) is 31.1 Å². The Bertz CT molecular complexity index is 774. The van der Waals surface area contributed by atoms with Crippen LogP contribution in [0.15, 0.2) is 30.0 Å². The first-order chi connectivity index (χ1) is 12.5. The number of ether oxygens (including phenoxy) is 1. The number of amides is 3. The summed E-state index contributed by atoms with van der Waals surface area (Å²) in [6, 6.07) is 5.53. The number of hydrogen-bond acceptors (Lipinski definition) is 6. The molecule has 0 aliphatic carbocycles. The Morgan fingerprint density at radius 2 is 2.15 bits per heavy atom. The van der Waals surface area contributed by atoms with Crippen LogP contribution in [0.3, 0.4) is 0 Å². The van der Waals surface area contributed by atoms with E-state index in [1.807, 2.05) is 12.1 Å². The van der Waals surface area contributed by atoms with Gasteiger partial charge in [-0.05, 0) is 30.5 Å². The Kier molecular flexibility index (Phi) is 5.34. The topological polar surface area (TPSA) is 99.2 Å². The lowest BCUT2D eigenvalue weighted by Gasteiger charge is -2.30. The van der Waals surface area contributed by atoms with Gasteiger partial charge in [-0.1, -0.05) is 6.07 Å². The number of imide groups is 1. The zero-order valence-electron chi connectivity index (χ0n) is 14.5. The second kappa shape index (κ2) is 7.67. The van der Waals surface area contributed by atoms with Gasteiger partial charge in [0.05, 0.1) is 13.2 Å². The maximum absolute atomic E-state index is 12.3. The molecule has 2 N–H and O–H groups in total. The molecule has 0 spiro atoms. The van der Waals surface area contributed by atoms with E-state index in [4.69, 9.17) is 9.84 Å². The van der Waals surface area contributed by atoms with Crippen molar-refractivity contribution < 1.29 is 24.2 Å². The van der Waals surface area contributed by atoms with Crippen LogP contribution in [-0.4, -0.2) is 61.1 Å². The second-order valence-corrected chi connectivity index (χ2v) is 6.13. The summed E-state index contributed by atoms with van der Waals surface area (Å²) >= 11 is 0. The van der Waals surface area contributed by atoms with Crippen LogP contribution in [0.4, 0.5) is 11.4 Å². The second-order valence-electron chi connectivity index (χ2n) is 6.13. The predicted octanol–water partition coefficient (Wildman–Crippen LogP) is 0.269. The molecule has 8 heteroatoms. The van der Waals surface area contributed by atoms with Gasteiger partial charge in [-0.3, -0.25) is 19.3 Å². The smallest absolute Gasteiger partial charge is 0.277 e. The average Bonchev–Trinajstić information content (AvgIpc) is 2.89. The summed E-state index contributed by atoms with van der Waals surface area (Å²) in [6.45, 7) is 0.297. The third-order valence-electron chi connectivity index (χ3n) is 4.38. The first-order valence-corrected chi connectivity index (χ1v) is 8.42. The van der Waals surface area contributed by atoms with Gasteiger partial charge < -0.3 is 20.1 Å². The number of hydrogen-bond donors (Lipinski definition) is 2. The molecule has 0 atom stereocenters. The minimum Gasteiger partial charge on any atom is -0.395 e. The van der Waals surface area contributed by atoms with Gasteiger partial charge in [0.15, 0.2) is 0 Å². The van der Waals surface area contributed by atoms with Crippen molar-refractivity contribution in [2.24, 2.45) is 0 Å². The van der Waals surface area contributed by atoms with Crippen molar-refractivity contribution >= 4 is 29.1 Å². The van der Waals surface area contributed by atoms with Gasteiger partial charge in [-0.2, -0.15) is 0 Å². The molecule has 0 unspecified atom stereocenters. The van der Waals surface area contributed by atoms with E-state index in [-0.39, 0.29) is 31.4 Å². The van der Waals surface area contributed by atoms with E-state index in [0.29, 0.717) is 12.2 Å². The maximum atomic E-state index is 12.3. The Hall–Kier alpha value is -2.71. The summed E-state index contributed by atoms with van der Waals surface area (Å²) in [6.07, 6.45) is 2.96. The van der Waals surface area contributed by atoms with E-state index in [1.165, 1.54) is 13.2 Å². The molecule has 2 aliphatic heterocycles. The number of nitrogens with one attached hydrogen (secondary N) is 1. The highest BCUT2D eigenvalue weighted by Gasteiger charge is 2.31. The van der Waals surface area contributed by atoms with Gasteiger partial charge in [-0.25, -0.2) is 0 Å². The van der Waals surface area contributed by atoms with Crippen LogP contribution < -0.4 is 10.2 Å². The number of aryl methyl sites for hydroxylation is 1. The number of carbonyl (C=O) groups excluding carboxylic acids is 3. The molecule has 3 amide bonds. The van der Waals surface area contributed by atoms with Gasteiger partial charge in [-0.15, -0.1) is 0 Å². The van der Waals surface area contributed by atoms with Crippen molar-refractivity contribution in [2.75, 3.05) is 43.6 Å². The van der Waals surface area contributed by atoms with Crippen LogP contribution >= 0.6 is 0 Å². The lowest BCUT2D eigenvalue weighted by Crippen LogP contribution is -2.37. The monoisotopic (exact) mass is 359 g/mol. The summed E-state index contributed by atoms with van der Waals surface area (Å²) < 4.78 is 4.95. The summed E-state index contributed by atoms with van der Waals surface area (Å²) in [5.41, 5.74) is 2.59. The van der Waals surface area contributed by atoms with E-state index in [1.54, 1.807) is 11.0 Å². The number of fused-ring (bicyclic) bond motifs is 1. The zero-order chi connectivity index (χ0) is 18.7. The van der Waals surface area contributed by atoms with Crippen LogP contribution in [0.1, 0.15) is 12.0 Å². The highest BCUT2D eigenvalue weighted by Crippen LogP contribution is 2.31. The maximum Gasteiger partial charge on any atom is 0.277 e. The number of aliphatic hydroxyl groups excluding tert-OH is 1. The molecular weight excluding hydrogens is 338 g/mol. The molecule has 3 rings (SSSR count). The number of aliphatic hydroxyl groups is 1. The Morgan fingerprint density at radius 3 is 2.88 bits per heavy atom. The fraction of sp³-hybridized carbons (Fsp3) is 0.389. The molecule has 2 heterocycles. The fourth-order valence-corrected chi connectivity index (χ4v) is 3.18. The van der Waals surface area contributed by atoms with E-state index >= 15 is 0 Å². The summed E-state index contributed by atoms with van der Waals surface area (Å²) in [7, 11) is 1.48. The van der Waals surface area contributed by atoms with Crippen molar-refractivity contribution in [3.8, 4) is 0 Å². The minimum atomic E-state index is -0.478. The predicted molar refractivity (Wildman–Crippen MR) is 94.5 cm³/mol. The minimum absolute atomic E-state index is 0.00531. The molecule has 0 saturated heterocycles. The van der Waals surface area contributed by atoms with E-state index in [9.17, 15) is 14.4 Å². The molecule has 26 heavy (non-hydrogen) atoms. The Labute approximate surface area is 151 Å². The Morgan fingerprint density at radius 1 is 1.35 bits per heavy atom. The third-order valence-corrected chi connectivity index (χ3v) is 4.38. The number of methoxy groups -OCH3 is 1. The largest absolute Gasteiger partial charge is 0.395 e.